The lowest BCUT2D eigenvalue weighted by atomic mass is 10.2. The molecule has 0 saturated carbocycles. The number of carbonyl (C=O) groups excluding carboxylic acids is 6. The van der Waals surface area contributed by atoms with Crippen molar-refractivity contribution in [2.75, 3.05) is 11.9 Å². The van der Waals surface area contributed by atoms with Gasteiger partial charge in [0.1, 0.15) is 18.7 Å². The number of nitrogens with two attached hydrogens (primary N) is 1. The molecule has 2 rings (SSSR count). The molecule has 12 heteroatoms. The summed E-state index contributed by atoms with van der Waals surface area (Å²) in [5.74, 6) is -2.58. The van der Waals surface area contributed by atoms with Gasteiger partial charge < -0.3 is 26.4 Å². The van der Waals surface area contributed by atoms with E-state index in [1.165, 1.54) is 13.8 Å². The quantitative estimate of drug-likeness (QED) is 0.342. The Kier molecular flexibility index (Phi) is 8.66. The molecule has 1 heterocycles. The van der Waals surface area contributed by atoms with Crippen molar-refractivity contribution in [3.05, 3.63) is 42.0 Å². The minimum absolute atomic E-state index is 0.00115. The Morgan fingerprint density at radius 1 is 0.939 bits per heavy atom. The van der Waals surface area contributed by atoms with E-state index in [1.54, 1.807) is 24.3 Å². The minimum atomic E-state index is -0.944. The van der Waals surface area contributed by atoms with Crippen LogP contribution < -0.4 is 21.7 Å². The molecule has 0 aromatic heterocycles. The molecule has 5 N–H and O–H groups in total. The number of imide groups is 1. The minimum Gasteiger partial charge on any atom is -0.445 e. The molecular formula is C21H25N5O7. The Balaban J connectivity index is 1.75. The lowest BCUT2D eigenvalue weighted by molar-refractivity contribution is -0.137. The molecule has 1 aliphatic heterocycles. The topological polar surface area (TPSA) is 177 Å². The van der Waals surface area contributed by atoms with Crippen LogP contribution in [0, 0.1) is 0 Å². The van der Waals surface area contributed by atoms with Crippen molar-refractivity contribution in [3.8, 4) is 0 Å². The van der Waals surface area contributed by atoms with Gasteiger partial charge in [-0.2, -0.15) is 0 Å². The number of rotatable bonds is 10. The van der Waals surface area contributed by atoms with Crippen LogP contribution >= 0.6 is 0 Å². The summed E-state index contributed by atoms with van der Waals surface area (Å²) in [6.07, 6.45) is 1.19. The first-order chi connectivity index (χ1) is 15.6. The number of ether oxygens (including phenoxy) is 1. The Morgan fingerprint density at radius 2 is 1.52 bits per heavy atom. The molecule has 2 atom stereocenters. The smallest absolute Gasteiger partial charge is 0.404 e. The zero-order valence-electron chi connectivity index (χ0n) is 18.1. The largest absolute Gasteiger partial charge is 0.445 e. The lowest BCUT2D eigenvalue weighted by Crippen LogP contribution is -2.50. The number of primary amides is 1. The Hall–Kier alpha value is -4.22. The van der Waals surface area contributed by atoms with Crippen molar-refractivity contribution in [2.24, 2.45) is 5.73 Å². The third kappa shape index (κ3) is 7.76. The van der Waals surface area contributed by atoms with E-state index in [1.807, 2.05) is 0 Å². The van der Waals surface area contributed by atoms with Crippen LogP contribution in [-0.4, -0.2) is 59.2 Å². The van der Waals surface area contributed by atoms with Gasteiger partial charge in [0.2, 0.25) is 17.7 Å². The van der Waals surface area contributed by atoms with E-state index in [9.17, 15) is 28.8 Å². The number of nitrogens with zero attached hydrogens (tertiary/aromatic N) is 1. The van der Waals surface area contributed by atoms with Crippen LogP contribution in [0.25, 0.3) is 0 Å². The van der Waals surface area contributed by atoms with Gasteiger partial charge in [0.25, 0.3) is 11.8 Å². The Bertz CT molecular complexity index is 956. The fourth-order valence-electron chi connectivity index (χ4n) is 2.74. The van der Waals surface area contributed by atoms with Crippen LogP contribution in [0.2, 0.25) is 0 Å². The van der Waals surface area contributed by atoms with Crippen LogP contribution in [0.15, 0.2) is 36.4 Å². The summed E-state index contributed by atoms with van der Waals surface area (Å²) in [4.78, 5) is 71.2. The fourth-order valence-corrected chi connectivity index (χ4v) is 2.74. The third-order valence-corrected chi connectivity index (χ3v) is 4.59. The maximum atomic E-state index is 12.3. The van der Waals surface area contributed by atoms with E-state index in [0.29, 0.717) is 11.3 Å². The van der Waals surface area contributed by atoms with E-state index in [-0.39, 0.29) is 19.6 Å². The van der Waals surface area contributed by atoms with Gasteiger partial charge in [-0.3, -0.25) is 28.9 Å². The molecule has 0 saturated heterocycles. The first kappa shape index (κ1) is 25.0. The molecule has 0 unspecified atom stereocenters. The number of benzene rings is 1. The standard InChI is InChI=1S/C21H25N5O7/c1-12(23-16(27)9-10-26-17(28)7-8-18(26)29)19(30)24-13(2)20(31)25-15-5-3-14(4-6-15)11-33-21(22)32/h3-8,12-13H,9-11H2,1-2H3,(H2,22,32)(H,23,27)(H,24,30)(H,25,31)/t12-,13-/m0/s1. The van der Waals surface area contributed by atoms with E-state index >= 15 is 0 Å². The van der Waals surface area contributed by atoms with Crippen LogP contribution in [-0.2, 0) is 35.3 Å². The van der Waals surface area contributed by atoms with E-state index < -0.39 is 47.7 Å². The molecule has 1 aromatic rings. The predicted molar refractivity (Wildman–Crippen MR) is 115 cm³/mol. The summed E-state index contributed by atoms with van der Waals surface area (Å²) in [6.45, 7) is 2.82. The van der Waals surface area contributed by atoms with Crippen molar-refractivity contribution < 1.29 is 33.5 Å². The number of hydrogen-bond acceptors (Lipinski definition) is 7. The Labute approximate surface area is 189 Å². The number of anilines is 1. The second-order valence-electron chi connectivity index (χ2n) is 7.22. The van der Waals surface area contributed by atoms with Gasteiger partial charge in [0.15, 0.2) is 0 Å². The molecule has 12 nitrogen and oxygen atoms in total. The van der Waals surface area contributed by atoms with Crippen LogP contribution in [0.3, 0.4) is 0 Å². The molecule has 0 fully saturated rings. The third-order valence-electron chi connectivity index (χ3n) is 4.59. The average Bonchev–Trinajstić information content (AvgIpc) is 3.08. The highest BCUT2D eigenvalue weighted by Crippen LogP contribution is 2.11. The molecule has 0 aliphatic carbocycles. The zero-order chi connectivity index (χ0) is 24.5. The summed E-state index contributed by atoms with van der Waals surface area (Å²) in [5.41, 5.74) is 6.04. The van der Waals surface area contributed by atoms with Gasteiger partial charge in [0.05, 0.1) is 0 Å². The van der Waals surface area contributed by atoms with E-state index in [0.717, 1.165) is 17.1 Å². The Morgan fingerprint density at radius 3 is 2.09 bits per heavy atom. The van der Waals surface area contributed by atoms with Gasteiger partial charge in [0, 0.05) is 30.8 Å². The maximum absolute atomic E-state index is 12.3. The summed E-state index contributed by atoms with van der Waals surface area (Å²) in [7, 11) is 0. The van der Waals surface area contributed by atoms with E-state index in [4.69, 9.17) is 5.73 Å². The number of carbonyl (C=O) groups is 6. The summed E-state index contributed by atoms with van der Waals surface area (Å²) < 4.78 is 4.67. The van der Waals surface area contributed by atoms with Crippen LogP contribution in [0.1, 0.15) is 25.8 Å². The van der Waals surface area contributed by atoms with Gasteiger partial charge in [-0.15, -0.1) is 0 Å². The molecule has 1 aliphatic rings. The van der Waals surface area contributed by atoms with Gasteiger partial charge >= 0.3 is 6.09 Å². The van der Waals surface area contributed by atoms with Gasteiger partial charge in [-0.25, -0.2) is 4.79 Å². The highest BCUT2D eigenvalue weighted by molar-refractivity contribution is 6.13. The van der Waals surface area contributed by atoms with Crippen LogP contribution in [0.5, 0.6) is 0 Å². The molecule has 0 spiro atoms. The number of amides is 6. The number of hydrogen-bond donors (Lipinski definition) is 4. The highest BCUT2D eigenvalue weighted by Gasteiger charge is 2.25. The van der Waals surface area contributed by atoms with Crippen LogP contribution in [0.4, 0.5) is 10.5 Å². The first-order valence-electron chi connectivity index (χ1n) is 10.0. The predicted octanol–water partition coefficient (Wildman–Crippen LogP) is -0.455. The van der Waals surface area contributed by atoms with Crippen molar-refractivity contribution in [2.45, 2.75) is 39.0 Å². The molecule has 0 bridgehead atoms. The monoisotopic (exact) mass is 459 g/mol. The molecule has 0 radical (unpaired) electrons. The summed E-state index contributed by atoms with van der Waals surface area (Å²) >= 11 is 0. The zero-order valence-corrected chi connectivity index (χ0v) is 18.1. The SMILES string of the molecule is C[C@H](NC(=O)CCN1C(=O)C=CC1=O)C(=O)N[C@@H](C)C(=O)Nc1ccc(COC(N)=O)cc1. The molecule has 1 aromatic carbocycles. The second-order valence-corrected chi connectivity index (χ2v) is 7.22. The van der Waals surface area contributed by atoms with Gasteiger partial charge in [-0.05, 0) is 31.5 Å². The summed E-state index contributed by atoms with van der Waals surface area (Å²) in [5, 5.41) is 7.58. The van der Waals surface area contributed by atoms with Crippen molar-refractivity contribution in [1.82, 2.24) is 15.5 Å². The first-order valence-corrected chi connectivity index (χ1v) is 10.0. The molecular weight excluding hydrogens is 434 g/mol. The lowest BCUT2D eigenvalue weighted by Gasteiger charge is -2.19. The molecule has 6 amide bonds. The van der Waals surface area contributed by atoms with Crippen molar-refractivity contribution in [3.63, 3.8) is 0 Å². The van der Waals surface area contributed by atoms with Gasteiger partial charge in [-0.1, -0.05) is 12.1 Å². The number of nitrogens with one attached hydrogen (secondary N) is 3. The van der Waals surface area contributed by atoms with E-state index in [2.05, 4.69) is 20.7 Å². The molecule has 176 valence electrons. The molecule has 33 heavy (non-hydrogen) atoms. The normalized spacial score (nSPS) is 14.4. The fraction of sp³-hybridized carbons (Fsp3) is 0.333. The van der Waals surface area contributed by atoms with Crippen molar-refractivity contribution >= 4 is 41.3 Å². The van der Waals surface area contributed by atoms with Crippen molar-refractivity contribution in [1.29, 1.82) is 0 Å². The maximum Gasteiger partial charge on any atom is 0.404 e. The summed E-state index contributed by atoms with van der Waals surface area (Å²) in [6, 6.07) is 4.62. The average molecular weight is 459 g/mol. The second kappa shape index (κ2) is 11.4. The highest BCUT2D eigenvalue weighted by atomic mass is 16.5.